The minimum atomic E-state index is -0.209. The lowest BCUT2D eigenvalue weighted by Gasteiger charge is -2.06. The van der Waals surface area contributed by atoms with Crippen LogP contribution in [0.5, 0.6) is 0 Å². The van der Waals surface area contributed by atoms with Gasteiger partial charge in [0.25, 0.3) is 11.1 Å². The first-order chi connectivity index (χ1) is 11.9. The van der Waals surface area contributed by atoms with Crippen molar-refractivity contribution in [3.8, 4) is 10.8 Å². The van der Waals surface area contributed by atoms with Crippen LogP contribution in [0, 0.1) is 13.8 Å². The number of amides is 1. The van der Waals surface area contributed by atoms with E-state index in [0.29, 0.717) is 21.8 Å². The highest BCUT2D eigenvalue weighted by Crippen LogP contribution is 2.31. The van der Waals surface area contributed by atoms with Crippen LogP contribution in [0.25, 0.3) is 10.8 Å². The van der Waals surface area contributed by atoms with Gasteiger partial charge in [0, 0.05) is 4.47 Å². The van der Waals surface area contributed by atoms with Gasteiger partial charge in [-0.1, -0.05) is 39.3 Å². The predicted octanol–water partition coefficient (Wildman–Crippen LogP) is 4.96. The van der Waals surface area contributed by atoms with Gasteiger partial charge in [0.1, 0.15) is 4.88 Å². The molecule has 0 aliphatic rings. The zero-order chi connectivity index (χ0) is 18.0. The molecule has 0 aliphatic carbocycles. The van der Waals surface area contributed by atoms with Gasteiger partial charge in [-0.2, -0.15) is 0 Å². The van der Waals surface area contributed by atoms with E-state index in [1.54, 1.807) is 18.2 Å². The average Bonchev–Trinajstić information content (AvgIpc) is 3.14. The van der Waals surface area contributed by atoms with Gasteiger partial charge in [-0.15, -0.1) is 21.5 Å². The lowest BCUT2D eigenvalue weighted by atomic mass is 10.3. The van der Waals surface area contributed by atoms with Gasteiger partial charge < -0.3 is 9.73 Å². The molecular weight excluding hydrogens is 448 g/mol. The monoisotopic (exact) mass is 458 g/mol. The molecule has 130 valence electrons. The largest absolute Gasteiger partial charge is 0.410 e. The van der Waals surface area contributed by atoms with Gasteiger partial charge >= 0.3 is 0 Å². The smallest absolute Gasteiger partial charge is 0.277 e. The normalized spacial score (nSPS) is 10.9. The van der Waals surface area contributed by atoms with Crippen LogP contribution in [-0.4, -0.2) is 26.8 Å². The Bertz CT molecular complexity index is 928. The van der Waals surface area contributed by atoms with Gasteiger partial charge in [-0.25, -0.2) is 4.98 Å². The third-order valence-corrected chi connectivity index (χ3v) is 5.72. The van der Waals surface area contributed by atoms with Crippen LogP contribution >= 0.6 is 50.6 Å². The van der Waals surface area contributed by atoms with Gasteiger partial charge in [0.05, 0.1) is 27.2 Å². The Kier molecular flexibility index (Phi) is 5.78. The maximum absolute atomic E-state index is 12.1. The summed E-state index contributed by atoms with van der Waals surface area (Å²) in [6.45, 7) is 3.82. The number of thiazole rings is 1. The number of nitrogens with one attached hydrogen (secondary N) is 1. The molecule has 2 heterocycles. The van der Waals surface area contributed by atoms with Crippen molar-refractivity contribution in [1.29, 1.82) is 0 Å². The Morgan fingerprint density at radius 1 is 1.40 bits per heavy atom. The minimum Gasteiger partial charge on any atom is -0.410 e. The Morgan fingerprint density at radius 2 is 2.20 bits per heavy atom. The van der Waals surface area contributed by atoms with Crippen LogP contribution in [0.1, 0.15) is 10.7 Å². The van der Waals surface area contributed by atoms with Crippen molar-refractivity contribution in [2.45, 2.75) is 19.1 Å². The first-order valence-corrected chi connectivity index (χ1v) is 10.1. The van der Waals surface area contributed by atoms with Crippen LogP contribution in [-0.2, 0) is 4.79 Å². The number of aromatic nitrogens is 3. The molecule has 0 saturated carbocycles. The molecule has 0 atom stereocenters. The lowest BCUT2D eigenvalue weighted by Crippen LogP contribution is -2.14. The molecule has 6 nitrogen and oxygen atoms in total. The first kappa shape index (κ1) is 18.4. The number of halogens is 2. The third kappa shape index (κ3) is 4.60. The van der Waals surface area contributed by atoms with E-state index < -0.39 is 0 Å². The van der Waals surface area contributed by atoms with Gasteiger partial charge in [0.2, 0.25) is 5.91 Å². The summed E-state index contributed by atoms with van der Waals surface area (Å²) in [6.07, 6.45) is 0. The summed E-state index contributed by atoms with van der Waals surface area (Å²) >= 11 is 12.1. The van der Waals surface area contributed by atoms with Crippen LogP contribution < -0.4 is 5.32 Å². The molecule has 1 aromatic carbocycles. The van der Waals surface area contributed by atoms with Crippen molar-refractivity contribution in [2.24, 2.45) is 0 Å². The van der Waals surface area contributed by atoms with Crippen LogP contribution in [0.3, 0.4) is 0 Å². The van der Waals surface area contributed by atoms with Crippen LogP contribution in [0.2, 0.25) is 5.02 Å². The summed E-state index contributed by atoms with van der Waals surface area (Å²) in [5, 5.41) is 12.5. The number of hydrogen-bond donors (Lipinski definition) is 1. The van der Waals surface area contributed by atoms with Gasteiger partial charge in [-0.3, -0.25) is 4.79 Å². The van der Waals surface area contributed by atoms with Crippen molar-refractivity contribution >= 4 is 62.2 Å². The fraction of sp³-hybridized carbons (Fsp3) is 0.200. The Labute approximate surface area is 165 Å². The van der Waals surface area contributed by atoms with Gasteiger partial charge in [-0.05, 0) is 32.0 Å². The number of anilines is 1. The summed E-state index contributed by atoms with van der Waals surface area (Å²) in [6, 6.07) is 5.25. The second-order valence-electron chi connectivity index (χ2n) is 4.98. The second-order valence-corrected chi connectivity index (χ2v) is 8.43. The number of carbonyl (C=O) groups is 1. The van der Waals surface area contributed by atoms with Crippen LogP contribution in [0.4, 0.5) is 5.69 Å². The number of aryl methyl sites for hydroxylation is 2. The summed E-state index contributed by atoms with van der Waals surface area (Å²) in [7, 11) is 0. The summed E-state index contributed by atoms with van der Waals surface area (Å²) < 4.78 is 6.45. The standard InChI is InChI=1S/C15H12BrClN4O2S2/c1-7-13(25-8(2)18-7)14-20-21-15(23-14)24-6-12(22)19-11-4-3-9(16)5-10(11)17/h3-5H,6H2,1-2H3,(H,19,22). The molecule has 3 aromatic rings. The van der Waals surface area contributed by atoms with Gasteiger partial charge in [0.15, 0.2) is 0 Å². The molecule has 10 heteroatoms. The van der Waals surface area contributed by atoms with E-state index in [1.165, 1.54) is 11.3 Å². The van der Waals surface area contributed by atoms with E-state index in [2.05, 4.69) is 36.4 Å². The number of hydrogen-bond acceptors (Lipinski definition) is 7. The Hall–Kier alpha value is -1.42. The fourth-order valence-electron chi connectivity index (χ4n) is 1.99. The predicted molar refractivity (Wildman–Crippen MR) is 103 cm³/mol. The van der Waals surface area contributed by atoms with Crippen molar-refractivity contribution in [3.05, 3.63) is 38.4 Å². The molecule has 0 spiro atoms. The minimum absolute atomic E-state index is 0.134. The molecule has 1 N–H and O–H groups in total. The highest BCUT2D eigenvalue weighted by atomic mass is 79.9. The molecule has 1 amide bonds. The van der Waals surface area contributed by atoms with Crippen molar-refractivity contribution in [3.63, 3.8) is 0 Å². The maximum Gasteiger partial charge on any atom is 0.277 e. The number of rotatable bonds is 5. The SMILES string of the molecule is Cc1nc(C)c(-c2nnc(SCC(=O)Nc3ccc(Br)cc3Cl)o2)s1. The molecule has 2 aromatic heterocycles. The second kappa shape index (κ2) is 7.86. The first-order valence-electron chi connectivity index (χ1n) is 7.08. The van der Waals surface area contributed by atoms with E-state index in [1.807, 2.05) is 13.8 Å². The van der Waals surface area contributed by atoms with Crippen molar-refractivity contribution < 1.29 is 9.21 Å². The number of benzene rings is 1. The molecule has 0 radical (unpaired) electrons. The van der Waals surface area contributed by atoms with E-state index >= 15 is 0 Å². The molecule has 0 fully saturated rings. The third-order valence-electron chi connectivity index (χ3n) is 3.04. The maximum atomic E-state index is 12.1. The number of thioether (sulfide) groups is 1. The van der Waals surface area contributed by atoms with E-state index in [9.17, 15) is 4.79 Å². The Morgan fingerprint density at radius 3 is 2.88 bits per heavy atom. The highest BCUT2D eigenvalue weighted by molar-refractivity contribution is 9.10. The Balaban J connectivity index is 1.60. The summed E-state index contributed by atoms with van der Waals surface area (Å²) in [5.41, 5.74) is 1.41. The van der Waals surface area contributed by atoms with Crippen molar-refractivity contribution in [2.75, 3.05) is 11.1 Å². The molecule has 25 heavy (non-hydrogen) atoms. The topological polar surface area (TPSA) is 80.9 Å². The summed E-state index contributed by atoms with van der Waals surface area (Å²) in [5.74, 6) is 0.343. The number of nitrogens with zero attached hydrogens (tertiary/aromatic N) is 3. The quantitative estimate of drug-likeness (QED) is 0.543. The molecule has 0 unspecified atom stereocenters. The zero-order valence-electron chi connectivity index (χ0n) is 13.2. The van der Waals surface area contributed by atoms with Crippen molar-refractivity contribution in [1.82, 2.24) is 15.2 Å². The molecule has 0 bridgehead atoms. The zero-order valence-corrected chi connectivity index (χ0v) is 17.1. The molecular formula is C15H12BrClN4O2S2. The number of carbonyl (C=O) groups excluding carboxylic acids is 1. The molecule has 0 saturated heterocycles. The molecule has 3 rings (SSSR count). The van der Waals surface area contributed by atoms with Crippen LogP contribution in [0.15, 0.2) is 32.3 Å². The van der Waals surface area contributed by atoms with E-state index in [4.69, 9.17) is 16.0 Å². The van der Waals surface area contributed by atoms with E-state index in [-0.39, 0.29) is 11.7 Å². The summed E-state index contributed by atoms with van der Waals surface area (Å²) in [4.78, 5) is 17.2. The molecule has 0 aliphatic heterocycles. The van der Waals surface area contributed by atoms with E-state index in [0.717, 1.165) is 31.8 Å². The lowest BCUT2D eigenvalue weighted by molar-refractivity contribution is -0.113. The average molecular weight is 460 g/mol. The highest BCUT2D eigenvalue weighted by Gasteiger charge is 2.16. The fourth-order valence-corrected chi connectivity index (χ4v) is 4.12.